The molecule has 1 aliphatic rings. The Kier molecular flexibility index (Phi) is 4.74. The molecule has 0 saturated carbocycles. The zero-order valence-corrected chi connectivity index (χ0v) is 14.1. The first-order chi connectivity index (χ1) is 12.0. The van der Waals surface area contributed by atoms with Gasteiger partial charge in [0, 0.05) is 43.5 Å². The van der Waals surface area contributed by atoms with Gasteiger partial charge in [0.2, 0.25) is 17.7 Å². The summed E-state index contributed by atoms with van der Waals surface area (Å²) >= 11 is 0. The van der Waals surface area contributed by atoms with Crippen LogP contribution < -0.4 is 11.1 Å². The summed E-state index contributed by atoms with van der Waals surface area (Å²) in [6.45, 7) is 2.19. The molecule has 3 amide bonds. The number of aromatic nitrogens is 1. The van der Waals surface area contributed by atoms with Gasteiger partial charge in [0.25, 0.3) is 0 Å². The van der Waals surface area contributed by atoms with Crippen molar-refractivity contribution >= 4 is 28.6 Å². The molecule has 132 valence electrons. The van der Waals surface area contributed by atoms with Crippen molar-refractivity contribution in [2.45, 2.75) is 25.8 Å². The van der Waals surface area contributed by atoms with Gasteiger partial charge in [-0.3, -0.25) is 14.4 Å². The number of fused-ring (bicyclic) bond motifs is 1. The SMILES string of the molecule is CC(=O)NC(Cc1c[nH]c2ccccc12)C(=O)N1CCC(C(N)=O)C1. The molecule has 1 aliphatic heterocycles. The number of carbonyl (C=O) groups excluding carboxylic acids is 3. The first-order valence-electron chi connectivity index (χ1n) is 8.36. The van der Waals surface area contributed by atoms with Gasteiger partial charge in [-0.1, -0.05) is 18.2 Å². The third-order valence-corrected chi connectivity index (χ3v) is 4.68. The lowest BCUT2D eigenvalue weighted by atomic mass is 10.0. The summed E-state index contributed by atoms with van der Waals surface area (Å²) in [7, 11) is 0. The predicted octanol–water partition coefficient (Wildman–Crippen LogP) is 0.549. The van der Waals surface area contributed by atoms with E-state index in [0.717, 1.165) is 16.5 Å². The number of amides is 3. The van der Waals surface area contributed by atoms with Crippen molar-refractivity contribution in [2.75, 3.05) is 13.1 Å². The molecule has 4 N–H and O–H groups in total. The molecule has 2 atom stereocenters. The number of carbonyl (C=O) groups is 3. The number of nitrogens with two attached hydrogens (primary N) is 1. The first kappa shape index (κ1) is 17.0. The zero-order valence-electron chi connectivity index (χ0n) is 14.1. The number of primary amides is 1. The van der Waals surface area contributed by atoms with Crippen molar-refractivity contribution in [1.82, 2.24) is 15.2 Å². The lowest BCUT2D eigenvalue weighted by molar-refractivity contribution is -0.135. The zero-order chi connectivity index (χ0) is 18.0. The molecule has 2 unspecified atom stereocenters. The third-order valence-electron chi connectivity index (χ3n) is 4.68. The van der Waals surface area contributed by atoms with Gasteiger partial charge < -0.3 is 20.9 Å². The van der Waals surface area contributed by atoms with Crippen molar-refractivity contribution < 1.29 is 14.4 Å². The summed E-state index contributed by atoms with van der Waals surface area (Å²) in [5.74, 6) is -1.13. The van der Waals surface area contributed by atoms with Gasteiger partial charge in [-0.05, 0) is 18.1 Å². The van der Waals surface area contributed by atoms with Crippen molar-refractivity contribution in [1.29, 1.82) is 0 Å². The number of rotatable bonds is 5. The van der Waals surface area contributed by atoms with Gasteiger partial charge >= 0.3 is 0 Å². The molecular weight excluding hydrogens is 320 g/mol. The van der Waals surface area contributed by atoms with E-state index < -0.39 is 6.04 Å². The standard InChI is InChI=1S/C18H22N4O3/c1-11(23)21-16(18(25)22-7-6-12(10-22)17(19)24)8-13-9-20-15-5-3-2-4-14(13)15/h2-5,9,12,16,20H,6-8,10H2,1H3,(H2,19,24)(H,21,23). The third kappa shape index (κ3) is 3.65. The Bertz CT molecular complexity index is 814. The summed E-state index contributed by atoms with van der Waals surface area (Å²) in [5.41, 5.74) is 7.29. The molecule has 7 heteroatoms. The highest BCUT2D eigenvalue weighted by atomic mass is 16.2. The molecule has 2 aromatic rings. The lowest BCUT2D eigenvalue weighted by Gasteiger charge is -2.24. The maximum absolute atomic E-state index is 12.9. The molecular formula is C18H22N4O3. The second-order valence-corrected chi connectivity index (χ2v) is 6.49. The van der Waals surface area contributed by atoms with E-state index in [-0.39, 0.29) is 23.6 Å². The fourth-order valence-corrected chi connectivity index (χ4v) is 3.38. The highest BCUT2D eigenvalue weighted by Crippen LogP contribution is 2.21. The van der Waals surface area contributed by atoms with E-state index in [0.29, 0.717) is 25.9 Å². The van der Waals surface area contributed by atoms with Crippen molar-refractivity contribution in [2.24, 2.45) is 11.7 Å². The van der Waals surface area contributed by atoms with Gasteiger partial charge in [0.15, 0.2) is 0 Å². The van der Waals surface area contributed by atoms with Crippen LogP contribution in [0.2, 0.25) is 0 Å². The van der Waals surface area contributed by atoms with Crippen molar-refractivity contribution in [3.8, 4) is 0 Å². The van der Waals surface area contributed by atoms with E-state index in [9.17, 15) is 14.4 Å². The Hall–Kier alpha value is -2.83. The van der Waals surface area contributed by atoms with E-state index in [2.05, 4.69) is 10.3 Å². The van der Waals surface area contributed by atoms with Gasteiger partial charge in [-0.25, -0.2) is 0 Å². The highest BCUT2D eigenvalue weighted by molar-refractivity contribution is 5.90. The largest absolute Gasteiger partial charge is 0.369 e. The summed E-state index contributed by atoms with van der Waals surface area (Å²) < 4.78 is 0. The Morgan fingerprint density at radius 3 is 2.80 bits per heavy atom. The van der Waals surface area contributed by atoms with Crippen LogP contribution in [0.3, 0.4) is 0 Å². The Morgan fingerprint density at radius 1 is 1.36 bits per heavy atom. The summed E-state index contributed by atoms with van der Waals surface area (Å²) in [6, 6.07) is 7.16. The van der Waals surface area contributed by atoms with Crippen LogP contribution in [0.4, 0.5) is 0 Å². The summed E-state index contributed by atoms with van der Waals surface area (Å²) in [4.78, 5) is 40.6. The van der Waals surface area contributed by atoms with E-state index in [1.807, 2.05) is 30.5 Å². The van der Waals surface area contributed by atoms with E-state index in [1.54, 1.807) is 4.90 Å². The van der Waals surface area contributed by atoms with Crippen LogP contribution in [-0.2, 0) is 20.8 Å². The summed E-state index contributed by atoms with van der Waals surface area (Å²) in [6.07, 6.45) is 2.82. The minimum atomic E-state index is -0.664. The Balaban J connectivity index is 1.79. The van der Waals surface area contributed by atoms with Crippen molar-refractivity contribution in [3.63, 3.8) is 0 Å². The molecule has 1 aromatic heterocycles. The fraction of sp³-hybridized carbons (Fsp3) is 0.389. The van der Waals surface area contributed by atoms with Crippen molar-refractivity contribution in [3.05, 3.63) is 36.0 Å². The molecule has 1 fully saturated rings. The number of benzene rings is 1. The van der Waals surface area contributed by atoms with Crippen LogP contribution in [0.1, 0.15) is 18.9 Å². The second kappa shape index (κ2) is 6.96. The molecule has 2 heterocycles. The van der Waals surface area contributed by atoms with Gasteiger partial charge in [-0.2, -0.15) is 0 Å². The topological polar surface area (TPSA) is 108 Å². The van der Waals surface area contributed by atoms with Gasteiger partial charge in [0.1, 0.15) is 6.04 Å². The molecule has 1 aromatic carbocycles. The lowest BCUT2D eigenvalue weighted by Crippen LogP contribution is -2.48. The van der Waals surface area contributed by atoms with E-state index >= 15 is 0 Å². The number of likely N-dealkylation sites (tertiary alicyclic amines) is 1. The molecule has 0 spiro atoms. The van der Waals surface area contributed by atoms with Crippen LogP contribution in [-0.4, -0.2) is 46.7 Å². The fourth-order valence-electron chi connectivity index (χ4n) is 3.38. The van der Waals surface area contributed by atoms with Gasteiger partial charge in [0.05, 0.1) is 5.92 Å². The Morgan fingerprint density at radius 2 is 2.12 bits per heavy atom. The molecule has 0 bridgehead atoms. The smallest absolute Gasteiger partial charge is 0.245 e. The minimum absolute atomic E-state index is 0.177. The van der Waals surface area contributed by atoms with E-state index in [1.165, 1.54) is 6.92 Å². The maximum atomic E-state index is 12.9. The number of para-hydroxylation sites is 1. The average molecular weight is 342 g/mol. The number of aromatic amines is 1. The first-order valence-corrected chi connectivity index (χ1v) is 8.36. The van der Waals surface area contributed by atoms with Crippen LogP contribution in [0.25, 0.3) is 10.9 Å². The van der Waals surface area contributed by atoms with Crippen LogP contribution >= 0.6 is 0 Å². The van der Waals surface area contributed by atoms with Crippen LogP contribution in [0, 0.1) is 5.92 Å². The average Bonchev–Trinajstić information content (AvgIpc) is 3.21. The number of hydrogen-bond acceptors (Lipinski definition) is 3. The number of hydrogen-bond donors (Lipinski definition) is 3. The highest BCUT2D eigenvalue weighted by Gasteiger charge is 2.33. The van der Waals surface area contributed by atoms with Crippen LogP contribution in [0.5, 0.6) is 0 Å². The van der Waals surface area contributed by atoms with Crippen LogP contribution in [0.15, 0.2) is 30.5 Å². The monoisotopic (exact) mass is 342 g/mol. The number of H-pyrrole nitrogens is 1. The van der Waals surface area contributed by atoms with Gasteiger partial charge in [-0.15, -0.1) is 0 Å². The minimum Gasteiger partial charge on any atom is -0.369 e. The molecule has 0 aliphatic carbocycles. The molecule has 0 radical (unpaired) electrons. The number of nitrogens with zero attached hydrogens (tertiary/aromatic N) is 1. The summed E-state index contributed by atoms with van der Waals surface area (Å²) in [5, 5.41) is 3.77. The predicted molar refractivity (Wildman–Crippen MR) is 93.5 cm³/mol. The molecule has 25 heavy (non-hydrogen) atoms. The maximum Gasteiger partial charge on any atom is 0.245 e. The number of nitrogens with one attached hydrogen (secondary N) is 2. The van der Waals surface area contributed by atoms with E-state index in [4.69, 9.17) is 5.73 Å². The second-order valence-electron chi connectivity index (χ2n) is 6.49. The molecule has 7 nitrogen and oxygen atoms in total. The molecule has 3 rings (SSSR count). The normalized spacial score (nSPS) is 18.3. The Labute approximate surface area is 145 Å². The quantitative estimate of drug-likeness (QED) is 0.738. The molecule has 1 saturated heterocycles.